The predicted octanol–water partition coefficient (Wildman–Crippen LogP) is 4.51. The summed E-state index contributed by atoms with van der Waals surface area (Å²) in [5.41, 5.74) is 3.03. The summed E-state index contributed by atoms with van der Waals surface area (Å²) in [4.78, 5) is 12.9. The fourth-order valence-electron chi connectivity index (χ4n) is 1.86. The zero-order chi connectivity index (χ0) is 15.1. The van der Waals surface area contributed by atoms with Gasteiger partial charge in [0, 0.05) is 16.8 Å². The van der Waals surface area contributed by atoms with Crippen LogP contribution in [0.2, 0.25) is 0 Å². The van der Waals surface area contributed by atoms with Crippen molar-refractivity contribution in [2.24, 2.45) is 0 Å². The Balaban J connectivity index is 1.90. The van der Waals surface area contributed by atoms with Crippen molar-refractivity contribution in [2.45, 2.75) is 11.8 Å². The van der Waals surface area contributed by atoms with E-state index in [9.17, 15) is 4.79 Å². The van der Waals surface area contributed by atoms with Crippen molar-refractivity contribution in [3.05, 3.63) is 65.9 Å². The van der Waals surface area contributed by atoms with Crippen LogP contribution in [0.1, 0.15) is 11.1 Å². The van der Waals surface area contributed by atoms with Gasteiger partial charge in [-0.25, -0.2) is 4.79 Å². The van der Waals surface area contributed by atoms with Gasteiger partial charge in [-0.05, 0) is 43.0 Å². The highest BCUT2D eigenvalue weighted by molar-refractivity contribution is 7.98. The minimum atomic E-state index is -0.253. The van der Waals surface area contributed by atoms with Crippen LogP contribution in [0.5, 0.6) is 0 Å². The second-order valence-electron chi connectivity index (χ2n) is 4.58. The van der Waals surface area contributed by atoms with Gasteiger partial charge in [-0.3, -0.25) is 0 Å². The quantitative estimate of drug-likeness (QED) is 0.815. The molecular weight excluding hydrogens is 280 g/mol. The maximum atomic E-state index is 11.8. The van der Waals surface area contributed by atoms with Gasteiger partial charge in [0.05, 0.1) is 0 Å². The number of amides is 2. The molecule has 0 saturated heterocycles. The van der Waals surface area contributed by atoms with Crippen molar-refractivity contribution >= 4 is 29.6 Å². The van der Waals surface area contributed by atoms with Gasteiger partial charge in [0.15, 0.2) is 0 Å². The third-order valence-corrected chi connectivity index (χ3v) is 3.59. The molecule has 2 aromatic carbocycles. The number of aryl methyl sites for hydroxylation is 1. The monoisotopic (exact) mass is 298 g/mol. The number of hydrogen-bond acceptors (Lipinski definition) is 2. The average molecular weight is 298 g/mol. The number of anilines is 1. The van der Waals surface area contributed by atoms with E-state index in [4.69, 9.17) is 0 Å². The maximum absolute atomic E-state index is 11.8. The molecule has 2 amide bonds. The van der Waals surface area contributed by atoms with Crippen molar-refractivity contribution in [3.63, 3.8) is 0 Å². The topological polar surface area (TPSA) is 41.1 Å². The Labute approximate surface area is 129 Å². The summed E-state index contributed by atoms with van der Waals surface area (Å²) >= 11 is 1.64. The molecule has 4 heteroatoms. The standard InChI is InChI=1S/C17H18N2OS/c1-13-5-3-6-14(11-13)9-10-18-17(20)19-15-7-4-8-16(12-15)21-2/h3-12H,1-2H3,(H2,18,19,20)/b10-9+. The summed E-state index contributed by atoms with van der Waals surface area (Å²) in [6.45, 7) is 2.04. The van der Waals surface area contributed by atoms with Crippen LogP contribution < -0.4 is 10.6 Å². The Morgan fingerprint density at radius 3 is 2.71 bits per heavy atom. The van der Waals surface area contributed by atoms with E-state index in [0.717, 1.165) is 16.1 Å². The first-order valence-electron chi connectivity index (χ1n) is 6.62. The molecule has 0 aliphatic heterocycles. The molecule has 2 rings (SSSR count). The summed E-state index contributed by atoms with van der Waals surface area (Å²) in [6, 6.07) is 15.5. The molecule has 21 heavy (non-hydrogen) atoms. The van der Waals surface area contributed by atoms with E-state index in [2.05, 4.69) is 16.7 Å². The lowest BCUT2D eigenvalue weighted by molar-refractivity contribution is 0.255. The lowest BCUT2D eigenvalue weighted by Crippen LogP contribution is -2.23. The van der Waals surface area contributed by atoms with Crippen molar-refractivity contribution < 1.29 is 4.79 Å². The van der Waals surface area contributed by atoms with E-state index in [1.54, 1.807) is 18.0 Å². The fraction of sp³-hybridized carbons (Fsp3) is 0.118. The van der Waals surface area contributed by atoms with Crippen molar-refractivity contribution in [3.8, 4) is 0 Å². The Hall–Kier alpha value is -2.20. The van der Waals surface area contributed by atoms with Gasteiger partial charge < -0.3 is 10.6 Å². The SMILES string of the molecule is CSc1cccc(NC(=O)N/C=C/c2cccc(C)c2)c1. The molecule has 2 N–H and O–H groups in total. The molecule has 2 aromatic rings. The molecule has 0 aliphatic carbocycles. The Morgan fingerprint density at radius 1 is 1.14 bits per heavy atom. The highest BCUT2D eigenvalue weighted by Gasteiger charge is 1.99. The first-order valence-corrected chi connectivity index (χ1v) is 7.84. The van der Waals surface area contributed by atoms with Crippen LogP contribution in [0, 0.1) is 6.92 Å². The van der Waals surface area contributed by atoms with E-state index < -0.39 is 0 Å². The molecule has 0 bridgehead atoms. The third kappa shape index (κ3) is 5.00. The second-order valence-corrected chi connectivity index (χ2v) is 5.46. The summed E-state index contributed by atoms with van der Waals surface area (Å²) in [5.74, 6) is 0. The number of rotatable bonds is 4. The molecule has 108 valence electrons. The molecule has 0 fully saturated rings. The van der Waals surface area contributed by atoms with Gasteiger partial charge in [0.2, 0.25) is 0 Å². The summed E-state index contributed by atoms with van der Waals surface area (Å²) in [6.07, 6.45) is 5.51. The van der Waals surface area contributed by atoms with Gasteiger partial charge >= 0.3 is 6.03 Å². The van der Waals surface area contributed by atoms with E-state index >= 15 is 0 Å². The lowest BCUT2D eigenvalue weighted by atomic mass is 10.1. The molecule has 0 spiro atoms. The Kier molecular flexibility index (Phi) is 5.46. The van der Waals surface area contributed by atoms with Crippen molar-refractivity contribution in [2.75, 3.05) is 11.6 Å². The van der Waals surface area contributed by atoms with E-state index in [1.807, 2.05) is 61.7 Å². The predicted molar refractivity (Wildman–Crippen MR) is 90.6 cm³/mol. The molecule has 0 atom stereocenters. The first-order chi connectivity index (χ1) is 10.2. The van der Waals surface area contributed by atoms with E-state index in [-0.39, 0.29) is 6.03 Å². The number of carbonyl (C=O) groups is 1. The summed E-state index contributed by atoms with van der Waals surface area (Å²) in [5, 5.41) is 5.50. The molecule has 0 aromatic heterocycles. The Bertz CT molecular complexity index is 653. The second kappa shape index (κ2) is 7.55. The first kappa shape index (κ1) is 15.2. The van der Waals surface area contributed by atoms with Gasteiger partial charge in [-0.15, -0.1) is 11.8 Å². The lowest BCUT2D eigenvalue weighted by Gasteiger charge is -2.05. The number of carbonyl (C=O) groups excluding carboxylic acids is 1. The van der Waals surface area contributed by atoms with Crippen LogP contribution in [-0.4, -0.2) is 12.3 Å². The largest absolute Gasteiger partial charge is 0.323 e. The molecule has 0 heterocycles. The van der Waals surface area contributed by atoms with Crippen LogP contribution in [0.25, 0.3) is 6.08 Å². The van der Waals surface area contributed by atoms with E-state index in [0.29, 0.717) is 0 Å². The average Bonchev–Trinajstić information content (AvgIpc) is 2.47. The van der Waals surface area contributed by atoms with Crippen LogP contribution in [0.15, 0.2) is 59.6 Å². The smallest absolute Gasteiger partial charge is 0.314 e. The zero-order valence-corrected chi connectivity index (χ0v) is 12.9. The summed E-state index contributed by atoms with van der Waals surface area (Å²) in [7, 11) is 0. The maximum Gasteiger partial charge on any atom is 0.323 e. The van der Waals surface area contributed by atoms with Gasteiger partial charge in [-0.1, -0.05) is 35.9 Å². The molecular formula is C17H18N2OS. The highest BCUT2D eigenvalue weighted by Crippen LogP contribution is 2.18. The van der Waals surface area contributed by atoms with Crippen LogP contribution >= 0.6 is 11.8 Å². The minimum Gasteiger partial charge on any atom is -0.314 e. The third-order valence-electron chi connectivity index (χ3n) is 2.86. The number of thioether (sulfide) groups is 1. The Morgan fingerprint density at radius 2 is 1.95 bits per heavy atom. The molecule has 0 saturated carbocycles. The molecule has 0 aliphatic rings. The summed E-state index contributed by atoms with van der Waals surface area (Å²) < 4.78 is 0. The fourth-order valence-corrected chi connectivity index (χ4v) is 2.31. The van der Waals surface area contributed by atoms with Crippen LogP contribution in [-0.2, 0) is 0 Å². The molecule has 3 nitrogen and oxygen atoms in total. The van der Waals surface area contributed by atoms with Gasteiger partial charge in [-0.2, -0.15) is 0 Å². The zero-order valence-electron chi connectivity index (χ0n) is 12.1. The number of hydrogen-bond donors (Lipinski definition) is 2. The number of benzene rings is 2. The number of urea groups is 1. The van der Waals surface area contributed by atoms with Gasteiger partial charge in [0.1, 0.15) is 0 Å². The van der Waals surface area contributed by atoms with Gasteiger partial charge in [0.25, 0.3) is 0 Å². The van der Waals surface area contributed by atoms with Crippen molar-refractivity contribution in [1.82, 2.24) is 5.32 Å². The minimum absolute atomic E-state index is 0.253. The molecule has 0 radical (unpaired) electrons. The number of nitrogens with one attached hydrogen (secondary N) is 2. The van der Waals surface area contributed by atoms with E-state index in [1.165, 1.54) is 5.56 Å². The molecule has 0 unspecified atom stereocenters. The van der Waals surface area contributed by atoms with Crippen LogP contribution in [0.4, 0.5) is 10.5 Å². The normalized spacial score (nSPS) is 10.6. The highest BCUT2D eigenvalue weighted by atomic mass is 32.2. The van der Waals surface area contributed by atoms with Crippen molar-refractivity contribution in [1.29, 1.82) is 0 Å². The van der Waals surface area contributed by atoms with Crippen LogP contribution in [0.3, 0.4) is 0 Å².